The molecule has 0 radical (unpaired) electrons. The van der Waals surface area contributed by atoms with Crippen LogP contribution in [0.2, 0.25) is 0 Å². The lowest BCUT2D eigenvalue weighted by Gasteiger charge is -2.19. The Morgan fingerprint density at radius 2 is 1.10 bits per heavy atom. The lowest BCUT2D eigenvalue weighted by Crippen LogP contribution is -2.17. The summed E-state index contributed by atoms with van der Waals surface area (Å²) >= 11 is 0. The fourth-order valence-electron chi connectivity index (χ4n) is 6.28. The first-order valence-electron chi connectivity index (χ1n) is 17.4. The van der Waals surface area contributed by atoms with Gasteiger partial charge in [0, 0.05) is 28.7 Å². The Bertz CT molecular complexity index is 2220. The van der Waals surface area contributed by atoms with E-state index >= 15 is 0 Å². The van der Waals surface area contributed by atoms with E-state index in [0.29, 0.717) is 12.2 Å². The zero-order valence-corrected chi connectivity index (χ0v) is 28.1. The lowest BCUT2D eigenvalue weighted by molar-refractivity contribution is 0.251. The molecule has 0 N–H and O–H groups in total. The Balaban J connectivity index is 1.02. The number of hydrogen-bond acceptors (Lipinski definition) is 5. The van der Waals surface area contributed by atoms with Crippen LogP contribution in [0.5, 0.6) is 5.75 Å². The third-order valence-electron chi connectivity index (χ3n) is 8.95. The van der Waals surface area contributed by atoms with Gasteiger partial charge in [0.05, 0.1) is 22.8 Å². The highest BCUT2D eigenvalue weighted by Gasteiger charge is 2.18. The SMILES string of the molecule is C1=CC(Oc2ccc(-c3nc(-c4ccccc4)cc(-c4ccccc4)n3)cc2)CC=C1C1=N/C(c2ccccc2)=C\CCC(c2ccccc2)=N1. The van der Waals surface area contributed by atoms with E-state index in [9.17, 15) is 0 Å². The van der Waals surface area contributed by atoms with Crippen LogP contribution < -0.4 is 4.74 Å². The van der Waals surface area contributed by atoms with E-state index in [2.05, 4.69) is 91.0 Å². The number of hydrogen-bond donors (Lipinski definition) is 0. The largest absolute Gasteiger partial charge is 0.486 e. The molecule has 0 bridgehead atoms. The minimum Gasteiger partial charge on any atom is -0.486 e. The van der Waals surface area contributed by atoms with Gasteiger partial charge >= 0.3 is 0 Å². The molecule has 8 rings (SSSR count). The minimum atomic E-state index is -0.113. The van der Waals surface area contributed by atoms with E-state index in [1.54, 1.807) is 0 Å². The van der Waals surface area contributed by atoms with Crippen molar-refractivity contribution in [1.82, 2.24) is 9.97 Å². The molecule has 0 saturated heterocycles. The molecule has 1 atom stereocenters. The number of amidine groups is 1. The average molecular weight is 661 g/mol. The predicted octanol–water partition coefficient (Wildman–Crippen LogP) is 10.8. The Morgan fingerprint density at radius 3 is 1.67 bits per heavy atom. The molecule has 0 spiro atoms. The second-order valence-corrected chi connectivity index (χ2v) is 12.5. The first-order chi connectivity index (χ1) is 25.2. The summed E-state index contributed by atoms with van der Waals surface area (Å²) in [4.78, 5) is 20.2. The van der Waals surface area contributed by atoms with Gasteiger partial charge in [-0.05, 0) is 60.4 Å². The number of allylic oxidation sites excluding steroid dienone is 1. The topological polar surface area (TPSA) is 59.7 Å². The molecule has 246 valence electrons. The van der Waals surface area contributed by atoms with Crippen molar-refractivity contribution < 1.29 is 4.74 Å². The summed E-state index contributed by atoms with van der Waals surface area (Å²) in [7, 11) is 0. The van der Waals surface area contributed by atoms with Crippen molar-refractivity contribution in [2.24, 2.45) is 9.98 Å². The molecule has 5 heteroatoms. The zero-order valence-electron chi connectivity index (χ0n) is 28.1. The number of rotatable bonds is 8. The summed E-state index contributed by atoms with van der Waals surface area (Å²) in [5.74, 6) is 2.18. The van der Waals surface area contributed by atoms with E-state index in [-0.39, 0.29) is 6.10 Å². The summed E-state index contributed by atoms with van der Waals surface area (Å²) in [5.41, 5.74) is 9.99. The smallest absolute Gasteiger partial charge is 0.160 e. The van der Waals surface area contributed by atoms with Gasteiger partial charge in [0.1, 0.15) is 11.9 Å². The zero-order chi connectivity index (χ0) is 34.2. The molecule has 6 aromatic rings. The maximum absolute atomic E-state index is 6.43. The van der Waals surface area contributed by atoms with Gasteiger partial charge in [-0.2, -0.15) is 0 Å². The van der Waals surface area contributed by atoms with Crippen molar-refractivity contribution in [3.05, 3.63) is 193 Å². The first kappa shape index (κ1) is 31.8. The third kappa shape index (κ3) is 7.58. The molecule has 2 aliphatic rings. The summed E-state index contributed by atoms with van der Waals surface area (Å²) in [6.45, 7) is 0. The molecular weight excluding hydrogens is 625 g/mol. The molecule has 5 aromatic carbocycles. The molecule has 1 aliphatic carbocycles. The highest BCUT2D eigenvalue weighted by atomic mass is 16.5. The van der Waals surface area contributed by atoms with Gasteiger partial charge in [0.15, 0.2) is 11.7 Å². The van der Waals surface area contributed by atoms with Gasteiger partial charge in [-0.1, -0.05) is 140 Å². The number of benzene rings is 5. The second-order valence-electron chi connectivity index (χ2n) is 12.5. The normalized spacial score (nSPS) is 16.8. The van der Waals surface area contributed by atoms with Crippen LogP contribution >= 0.6 is 0 Å². The number of aromatic nitrogens is 2. The van der Waals surface area contributed by atoms with Crippen molar-refractivity contribution >= 4 is 17.2 Å². The fourth-order valence-corrected chi connectivity index (χ4v) is 6.28. The molecule has 0 saturated carbocycles. The van der Waals surface area contributed by atoms with Gasteiger partial charge in [0.2, 0.25) is 0 Å². The lowest BCUT2D eigenvalue weighted by atomic mass is 10.0. The molecule has 0 amide bonds. The van der Waals surface area contributed by atoms with E-state index in [1.165, 1.54) is 0 Å². The van der Waals surface area contributed by atoms with Gasteiger partial charge in [-0.15, -0.1) is 0 Å². The molecule has 1 aliphatic heterocycles. The summed E-state index contributed by atoms with van der Waals surface area (Å²) in [5, 5.41) is 0. The third-order valence-corrected chi connectivity index (χ3v) is 8.95. The molecule has 5 nitrogen and oxygen atoms in total. The number of aliphatic imine (C=N–C) groups is 2. The summed E-state index contributed by atoms with van der Waals surface area (Å²) < 4.78 is 6.43. The molecule has 2 heterocycles. The van der Waals surface area contributed by atoms with E-state index in [1.807, 2.05) is 84.9 Å². The molecule has 1 aromatic heterocycles. The maximum atomic E-state index is 6.43. The Hall–Kier alpha value is -6.46. The summed E-state index contributed by atoms with van der Waals surface area (Å²) in [6.07, 6.45) is 10.9. The average Bonchev–Trinajstić information content (AvgIpc) is 3.20. The van der Waals surface area contributed by atoms with Crippen LogP contribution in [0.3, 0.4) is 0 Å². The van der Waals surface area contributed by atoms with Crippen LogP contribution in [0.25, 0.3) is 39.6 Å². The monoisotopic (exact) mass is 660 g/mol. The van der Waals surface area contributed by atoms with Crippen molar-refractivity contribution in [3.63, 3.8) is 0 Å². The minimum absolute atomic E-state index is 0.113. The van der Waals surface area contributed by atoms with Gasteiger partial charge in [-0.25, -0.2) is 20.0 Å². The van der Waals surface area contributed by atoms with Crippen LogP contribution in [0.1, 0.15) is 30.4 Å². The van der Waals surface area contributed by atoms with Gasteiger partial charge in [-0.3, -0.25) is 0 Å². The van der Waals surface area contributed by atoms with Crippen molar-refractivity contribution in [2.75, 3.05) is 0 Å². The second kappa shape index (κ2) is 15.0. The van der Waals surface area contributed by atoms with Crippen LogP contribution in [-0.2, 0) is 0 Å². The predicted molar refractivity (Wildman–Crippen MR) is 209 cm³/mol. The molecular formula is C46H36N4O. The van der Waals surface area contributed by atoms with Crippen LogP contribution in [-0.4, -0.2) is 27.6 Å². The van der Waals surface area contributed by atoms with Crippen molar-refractivity contribution in [2.45, 2.75) is 25.4 Å². The van der Waals surface area contributed by atoms with Crippen LogP contribution in [0.4, 0.5) is 0 Å². The Labute approximate surface area is 298 Å². The van der Waals surface area contributed by atoms with Gasteiger partial charge in [0.25, 0.3) is 0 Å². The standard InChI is InChI=1S/C46H36N4O/c1-5-14-33(15-6-1)41-22-13-23-42(34-16-7-2-8-17-34)48-45(47-41)37-24-28-39(29-25-37)51-40-30-26-38(27-31-40)46-49-43(35-18-9-3-10-19-35)32-44(50-46)36-20-11-4-12-21-36/h1-12,14-22,24-28,30-32,39H,13,23,29H2/b41-22-,47-45?,48-42?. The van der Waals surface area contributed by atoms with Crippen molar-refractivity contribution in [1.29, 1.82) is 0 Å². The van der Waals surface area contributed by atoms with E-state index < -0.39 is 0 Å². The van der Waals surface area contributed by atoms with E-state index in [0.717, 1.165) is 80.6 Å². The maximum Gasteiger partial charge on any atom is 0.160 e. The van der Waals surface area contributed by atoms with Crippen molar-refractivity contribution in [3.8, 4) is 39.7 Å². The number of ether oxygens (including phenoxy) is 1. The highest BCUT2D eigenvalue weighted by molar-refractivity contribution is 6.14. The van der Waals surface area contributed by atoms with E-state index in [4.69, 9.17) is 24.7 Å². The fraction of sp³-hybridized carbons (Fsp3) is 0.0870. The van der Waals surface area contributed by atoms with Crippen LogP contribution in [0, 0.1) is 0 Å². The molecule has 1 unspecified atom stereocenters. The highest BCUT2D eigenvalue weighted by Crippen LogP contribution is 2.30. The van der Waals surface area contributed by atoms with Gasteiger partial charge < -0.3 is 4.74 Å². The Morgan fingerprint density at radius 1 is 0.529 bits per heavy atom. The molecule has 51 heavy (non-hydrogen) atoms. The van der Waals surface area contributed by atoms with Crippen LogP contribution in [0.15, 0.2) is 192 Å². The Kier molecular flexibility index (Phi) is 9.33. The molecule has 0 fully saturated rings. The first-order valence-corrected chi connectivity index (χ1v) is 17.4. The summed E-state index contributed by atoms with van der Waals surface area (Å²) in [6, 6.07) is 51.3. The quantitative estimate of drug-likeness (QED) is 0.163. The number of nitrogens with zero attached hydrogens (tertiary/aromatic N) is 4.